The molecule has 0 amide bonds. The van der Waals surface area contributed by atoms with Gasteiger partial charge in [-0.05, 0) is 6.42 Å². The molecule has 0 saturated carbocycles. The second kappa shape index (κ2) is 6.77. The lowest BCUT2D eigenvalue weighted by atomic mass is 10.1. The van der Waals surface area contributed by atoms with Crippen molar-refractivity contribution < 1.29 is 44.7 Å². The SMILES string of the molecule is O=C(CCCCl)OCC(F)(F)C(F)(F)C(F)(F)C(F)F. The standard InChI is InChI=1S/C9H9ClF8O2/c10-3-1-2-5(19)20-4-7(13,14)9(17,18)8(15,16)6(11)12/h6H,1-4H2. The van der Waals surface area contributed by atoms with Crippen LogP contribution in [-0.2, 0) is 9.53 Å². The maximum atomic E-state index is 12.9. The molecule has 11 heteroatoms. The molecule has 0 aromatic carbocycles. The van der Waals surface area contributed by atoms with Crippen molar-refractivity contribution in [3.63, 3.8) is 0 Å². The Kier molecular flexibility index (Phi) is 6.50. The van der Waals surface area contributed by atoms with Crippen molar-refractivity contribution in [2.75, 3.05) is 12.5 Å². The highest BCUT2D eigenvalue weighted by Gasteiger charge is 2.75. The zero-order chi connectivity index (χ0) is 16.2. The summed E-state index contributed by atoms with van der Waals surface area (Å²) in [5, 5.41) is 0. The number of alkyl halides is 9. The van der Waals surface area contributed by atoms with E-state index in [0.717, 1.165) is 0 Å². The van der Waals surface area contributed by atoms with Crippen LogP contribution in [0, 0.1) is 0 Å². The number of halogens is 9. The van der Waals surface area contributed by atoms with Gasteiger partial charge in [-0.1, -0.05) is 0 Å². The van der Waals surface area contributed by atoms with Gasteiger partial charge in [0.1, 0.15) is 0 Å². The largest absolute Gasteiger partial charge is 0.459 e. The Morgan fingerprint density at radius 1 is 1.10 bits per heavy atom. The van der Waals surface area contributed by atoms with Gasteiger partial charge in [0.25, 0.3) is 0 Å². The van der Waals surface area contributed by atoms with Gasteiger partial charge in [-0.15, -0.1) is 11.6 Å². The molecule has 0 saturated heterocycles. The molecule has 2 nitrogen and oxygen atoms in total. The van der Waals surface area contributed by atoms with Gasteiger partial charge < -0.3 is 4.74 Å². The van der Waals surface area contributed by atoms with E-state index < -0.39 is 43.2 Å². The molecular weight excluding hydrogens is 328 g/mol. The molecule has 0 aliphatic carbocycles. The van der Waals surface area contributed by atoms with E-state index in [1.165, 1.54) is 0 Å². The number of esters is 1. The van der Waals surface area contributed by atoms with Crippen molar-refractivity contribution in [2.24, 2.45) is 0 Å². The fourth-order valence-corrected chi connectivity index (χ4v) is 1.06. The van der Waals surface area contributed by atoms with E-state index in [2.05, 4.69) is 4.74 Å². The number of hydrogen-bond acceptors (Lipinski definition) is 2. The Balaban J connectivity index is 4.82. The summed E-state index contributed by atoms with van der Waals surface area (Å²) in [5.41, 5.74) is 0. The highest BCUT2D eigenvalue weighted by Crippen LogP contribution is 2.48. The molecule has 0 aliphatic heterocycles. The minimum Gasteiger partial charge on any atom is -0.459 e. The number of hydrogen-bond donors (Lipinski definition) is 0. The van der Waals surface area contributed by atoms with E-state index >= 15 is 0 Å². The summed E-state index contributed by atoms with van der Waals surface area (Å²) in [7, 11) is 0. The van der Waals surface area contributed by atoms with Crippen molar-refractivity contribution in [2.45, 2.75) is 37.0 Å². The number of carbonyl (C=O) groups excluding carboxylic acids is 1. The van der Waals surface area contributed by atoms with Crippen LogP contribution in [0.3, 0.4) is 0 Å². The van der Waals surface area contributed by atoms with E-state index in [9.17, 15) is 39.9 Å². The first-order valence-corrected chi connectivity index (χ1v) is 5.56. The van der Waals surface area contributed by atoms with Crippen LogP contribution in [0.1, 0.15) is 12.8 Å². The summed E-state index contributed by atoms with van der Waals surface area (Å²) in [6.45, 7) is -2.44. The minimum absolute atomic E-state index is 0.0183. The van der Waals surface area contributed by atoms with E-state index in [0.29, 0.717) is 0 Å². The Morgan fingerprint density at radius 2 is 1.60 bits per heavy atom. The molecule has 20 heavy (non-hydrogen) atoms. The Hall–Kier alpha value is -0.800. The summed E-state index contributed by atoms with van der Waals surface area (Å²) in [6, 6.07) is 0. The molecule has 0 heterocycles. The van der Waals surface area contributed by atoms with Crippen molar-refractivity contribution in [3.05, 3.63) is 0 Å². The second-order valence-electron chi connectivity index (χ2n) is 3.66. The molecule has 0 rings (SSSR count). The molecule has 0 fully saturated rings. The number of ether oxygens (including phenoxy) is 1. The molecule has 0 aromatic heterocycles. The maximum Gasteiger partial charge on any atom is 0.381 e. The molecule has 0 aliphatic rings. The molecule has 0 atom stereocenters. The highest BCUT2D eigenvalue weighted by atomic mass is 35.5. The van der Waals surface area contributed by atoms with Gasteiger partial charge in [0.15, 0.2) is 6.61 Å². The van der Waals surface area contributed by atoms with Crippen molar-refractivity contribution >= 4 is 17.6 Å². The predicted molar refractivity (Wildman–Crippen MR) is 51.8 cm³/mol. The Labute approximate surface area is 113 Å². The first-order valence-electron chi connectivity index (χ1n) is 5.03. The first-order chi connectivity index (χ1) is 8.90. The normalized spacial score (nSPS) is 13.7. The van der Waals surface area contributed by atoms with Crippen LogP contribution in [0.4, 0.5) is 35.1 Å². The zero-order valence-electron chi connectivity index (χ0n) is 9.62. The van der Waals surface area contributed by atoms with Gasteiger partial charge in [0, 0.05) is 12.3 Å². The number of carbonyl (C=O) groups is 1. The van der Waals surface area contributed by atoms with Crippen LogP contribution in [0.2, 0.25) is 0 Å². The van der Waals surface area contributed by atoms with Crippen LogP contribution < -0.4 is 0 Å². The van der Waals surface area contributed by atoms with Crippen molar-refractivity contribution in [3.8, 4) is 0 Å². The third-order valence-electron chi connectivity index (χ3n) is 2.08. The number of rotatable bonds is 8. The summed E-state index contributed by atoms with van der Waals surface area (Å²) in [6.07, 6.45) is -5.53. The molecule has 0 N–H and O–H groups in total. The van der Waals surface area contributed by atoms with Gasteiger partial charge in [0.2, 0.25) is 0 Å². The summed E-state index contributed by atoms with van der Waals surface area (Å²) in [4.78, 5) is 10.8. The summed E-state index contributed by atoms with van der Waals surface area (Å²) < 4.78 is 103. The van der Waals surface area contributed by atoms with Gasteiger partial charge in [-0.3, -0.25) is 4.79 Å². The predicted octanol–water partition coefficient (Wildman–Crippen LogP) is 3.72. The summed E-state index contributed by atoms with van der Waals surface area (Å²) >= 11 is 5.14. The van der Waals surface area contributed by atoms with Crippen LogP contribution in [0.25, 0.3) is 0 Å². The average molecular weight is 337 g/mol. The van der Waals surface area contributed by atoms with Crippen LogP contribution in [0.15, 0.2) is 0 Å². The van der Waals surface area contributed by atoms with Gasteiger partial charge in [-0.2, -0.15) is 26.3 Å². The second-order valence-corrected chi connectivity index (χ2v) is 4.03. The quantitative estimate of drug-likeness (QED) is 0.384. The third-order valence-corrected chi connectivity index (χ3v) is 2.35. The lowest BCUT2D eigenvalue weighted by molar-refractivity contribution is -0.344. The lowest BCUT2D eigenvalue weighted by Crippen LogP contribution is -2.59. The third kappa shape index (κ3) is 4.10. The molecule has 0 spiro atoms. The summed E-state index contributed by atoms with van der Waals surface area (Å²) in [5.74, 6) is -19.7. The molecular formula is C9H9ClF8O2. The monoisotopic (exact) mass is 336 g/mol. The topological polar surface area (TPSA) is 26.3 Å². The fourth-order valence-electron chi connectivity index (χ4n) is 0.926. The lowest BCUT2D eigenvalue weighted by Gasteiger charge is -2.31. The van der Waals surface area contributed by atoms with Crippen LogP contribution >= 0.6 is 11.6 Å². The van der Waals surface area contributed by atoms with Crippen molar-refractivity contribution in [1.29, 1.82) is 0 Å². The Morgan fingerprint density at radius 3 is 2.00 bits per heavy atom. The van der Waals surface area contributed by atoms with E-state index in [1.54, 1.807) is 0 Å². The molecule has 120 valence electrons. The molecule has 0 unspecified atom stereocenters. The maximum absolute atomic E-state index is 12.9. The zero-order valence-corrected chi connectivity index (χ0v) is 10.4. The van der Waals surface area contributed by atoms with Gasteiger partial charge in [0.05, 0.1) is 0 Å². The van der Waals surface area contributed by atoms with E-state index in [-0.39, 0.29) is 12.3 Å². The van der Waals surface area contributed by atoms with Crippen LogP contribution in [-0.4, -0.2) is 42.6 Å². The molecule has 0 aromatic rings. The van der Waals surface area contributed by atoms with Gasteiger partial charge >= 0.3 is 30.2 Å². The average Bonchev–Trinajstić information content (AvgIpc) is 2.33. The van der Waals surface area contributed by atoms with Crippen molar-refractivity contribution in [1.82, 2.24) is 0 Å². The van der Waals surface area contributed by atoms with Gasteiger partial charge in [-0.25, -0.2) is 8.78 Å². The fraction of sp³-hybridized carbons (Fsp3) is 0.889. The Bertz CT molecular complexity index is 334. The molecule has 0 radical (unpaired) electrons. The smallest absolute Gasteiger partial charge is 0.381 e. The first kappa shape index (κ1) is 19.2. The molecule has 0 bridgehead atoms. The minimum atomic E-state index is -6.37. The highest BCUT2D eigenvalue weighted by molar-refractivity contribution is 6.17. The van der Waals surface area contributed by atoms with E-state index in [1.807, 2.05) is 0 Å². The van der Waals surface area contributed by atoms with Crippen LogP contribution in [0.5, 0.6) is 0 Å². The van der Waals surface area contributed by atoms with E-state index in [4.69, 9.17) is 11.6 Å².